The number of methoxy groups -OCH3 is 1. The number of rotatable bonds is 6. The molecule has 2 amide bonds. The summed E-state index contributed by atoms with van der Waals surface area (Å²) >= 11 is 0. The van der Waals surface area contributed by atoms with Crippen molar-refractivity contribution in [2.75, 3.05) is 14.2 Å². The van der Waals surface area contributed by atoms with Gasteiger partial charge in [-0.2, -0.15) is 0 Å². The van der Waals surface area contributed by atoms with Crippen LogP contribution in [0.2, 0.25) is 0 Å². The Morgan fingerprint density at radius 2 is 1.74 bits per heavy atom. The maximum atomic E-state index is 12.0. The average Bonchev–Trinajstić information content (AvgIpc) is 2.60. The minimum absolute atomic E-state index is 0.0788. The van der Waals surface area contributed by atoms with E-state index in [4.69, 9.17) is 4.74 Å². The number of benzene rings is 2. The Kier molecular flexibility index (Phi) is 5.74. The summed E-state index contributed by atoms with van der Waals surface area (Å²) in [5.41, 5.74) is 2.38. The van der Waals surface area contributed by atoms with E-state index in [0.717, 1.165) is 11.1 Å². The molecule has 0 aromatic heterocycles. The van der Waals surface area contributed by atoms with Crippen molar-refractivity contribution in [3.8, 4) is 5.75 Å². The van der Waals surface area contributed by atoms with E-state index in [1.165, 1.54) is 0 Å². The molecule has 23 heavy (non-hydrogen) atoms. The first-order valence-electron chi connectivity index (χ1n) is 7.33. The second-order valence-electron chi connectivity index (χ2n) is 5.04. The fraction of sp³-hybridized carbons (Fsp3) is 0.222. The maximum Gasteiger partial charge on any atom is 0.251 e. The van der Waals surface area contributed by atoms with E-state index in [9.17, 15) is 9.59 Å². The van der Waals surface area contributed by atoms with Gasteiger partial charge in [0.2, 0.25) is 5.91 Å². The molecule has 0 bridgehead atoms. The van der Waals surface area contributed by atoms with E-state index in [1.54, 1.807) is 26.3 Å². The van der Waals surface area contributed by atoms with Gasteiger partial charge in [0.15, 0.2) is 0 Å². The average molecular weight is 312 g/mol. The molecule has 5 heteroatoms. The summed E-state index contributed by atoms with van der Waals surface area (Å²) in [5.74, 6) is 0.499. The topological polar surface area (TPSA) is 67.4 Å². The van der Waals surface area contributed by atoms with Crippen LogP contribution in [-0.2, 0) is 17.8 Å². The number of para-hydroxylation sites is 1. The third-order valence-corrected chi connectivity index (χ3v) is 3.48. The lowest BCUT2D eigenvalue weighted by atomic mass is 10.1. The third kappa shape index (κ3) is 4.57. The van der Waals surface area contributed by atoms with Crippen molar-refractivity contribution < 1.29 is 14.3 Å². The summed E-state index contributed by atoms with van der Waals surface area (Å²) < 4.78 is 5.24. The molecule has 2 rings (SSSR count). The molecule has 120 valence electrons. The van der Waals surface area contributed by atoms with Crippen molar-refractivity contribution in [1.82, 2.24) is 10.6 Å². The second kappa shape index (κ2) is 7.98. The van der Waals surface area contributed by atoms with Crippen LogP contribution in [0.5, 0.6) is 5.75 Å². The normalized spacial score (nSPS) is 10.0. The van der Waals surface area contributed by atoms with Gasteiger partial charge < -0.3 is 15.4 Å². The summed E-state index contributed by atoms with van der Waals surface area (Å²) in [6.45, 7) is 0.419. The molecule has 2 N–H and O–H groups in total. The van der Waals surface area contributed by atoms with Gasteiger partial charge in [0, 0.05) is 24.7 Å². The molecule has 0 spiro atoms. The molecule has 0 aliphatic heterocycles. The number of hydrogen-bond donors (Lipinski definition) is 2. The lowest BCUT2D eigenvalue weighted by Gasteiger charge is -2.09. The molecule has 2 aromatic rings. The number of carbonyl (C=O) groups excluding carboxylic acids is 2. The summed E-state index contributed by atoms with van der Waals surface area (Å²) in [5, 5.41) is 5.43. The molecule has 0 fully saturated rings. The van der Waals surface area contributed by atoms with Gasteiger partial charge in [-0.1, -0.05) is 30.3 Å². The van der Waals surface area contributed by atoms with Gasteiger partial charge in [-0.05, 0) is 23.8 Å². The Hall–Kier alpha value is -2.82. The Labute approximate surface area is 135 Å². The Morgan fingerprint density at radius 3 is 2.39 bits per heavy atom. The quantitative estimate of drug-likeness (QED) is 0.856. The highest BCUT2D eigenvalue weighted by atomic mass is 16.5. The first-order chi connectivity index (χ1) is 11.1. The largest absolute Gasteiger partial charge is 0.496 e. The lowest BCUT2D eigenvalue weighted by molar-refractivity contribution is -0.120. The van der Waals surface area contributed by atoms with Crippen LogP contribution >= 0.6 is 0 Å². The van der Waals surface area contributed by atoms with Crippen molar-refractivity contribution in [3.05, 3.63) is 65.2 Å². The Bertz CT molecular complexity index is 681. The molecule has 0 saturated heterocycles. The van der Waals surface area contributed by atoms with E-state index in [1.807, 2.05) is 36.4 Å². The van der Waals surface area contributed by atoms with Crippen LogP contribution in [-0.4, -0.2) is 26.0 Å². The SMILES string of the molecule is CNC(=O)c1ccc(CNC(=O)Cc2ccccc2OC)cc1. The van der Waals surface area contributed by atoms with Crippen LogP contribution in [0.1, 0.15) is 21.5 Å². The van der Waals surface area contributed by atoms with Crippen molar-refractivity contribution in [3.63, 3.8) is 0 Å². The third-order valence-electron chi connectivity index (χ3n) is 3.48. The zero-order valence-electron chi connectivity index (χ0n) is 13.3. The van der Waals surface area contributed by atoms with Gasteiger partial charge in [-0.25, -0.2) is 0 Å². The minimum atomic E-state index is -0.128. The summed E-state index contributed by atoms with van der Waals surface area (Å²) in [4.78, 5) is 23.5. The predicted molar refractivity (Wildman–Crippen MR) is 88.4 cm³/mol. The highest BCUT2D eigenvalue weighted by Gasteiger charge is 2.08. The number of amides is 2. The van der Waals surface area contributed by atoms with Crippen LogP contribution in [0.15, 0.2) is 48.5 Å². The van der Waals surface area contributed by atoms with E-state index >= 15 is 0 Å². The van der Waals surface area contributed by atoms with E-state index in [2.05, 4.69) is 10.6 Å². The monoisotopic (exact) mass is 312 g/mol. The van der Waals surface area contributed by atoms with E-state index in [-0.39, 0.29) is 18.2 Å². The Morgan fingerprint density at radius 1 is 1.04 bits per heavy atom. The smallest absolute Gasteiger partial charge is 0.251 e. The second-order valence-corrected chi connectivity index (χ2v) is 5.04. The highest BCUT2D eigenvalue weighted by Crippen LogP contribution is 2.17. The zero-order chi connectivity index (χ0) is 16.7. The highest BCUT2D eigenvalue weighted by molar-refractivity contribution is 5.93. The van der Waals surface area contributed by atoms with Crippen LogP contribution < -0.4 is 15.4 Å². The Balaban J connectivity index is 1.90. The molecule has 2 aromatic carbocycles. The molecule has 0 unspecified atom stereocenters. The first-order valence-corrected chi connectivity index (χ1v) is 7.33. The summed E-state index contributed by atoms with van der Waals surface area (Å²) in [6, 6.07) is 14.6. The summed E-state index contributed by atoms with van der Waals surface area (Å²) in [7, 11) is 3.18. The first kappa shape index (κ1) is 16.5. The summed E-state index contributed by atoms with van der Waals surface area (Å²) in [6.07, 6.45) is 0.264. The fourth-order valence-electron chi connectivity index (χ4n) is 2.20. The fourth-order valence-corrected chi connectivity index (χ4v) is 2.20. The number of nitrogens with one attached hydrogen (secondary N) is 2. The van der Waals surface area contributed by atoms with Crippen LogP contribution in [0.3, 0.4) is 0 Å². The van der Waals surface area contributed by atoms with Crippen LogP contribution in [0, 0.1) is 0 Å². The molecule has 0 aliphatic rings. The van der Waals surface area contributed by atoms with Gasteiger partial charge in [0.05, 0.1) is 13.5 Å². The maximum absolute atomic E-state index is 12.0. The van der Waals surface area contributed by atoms with E-state index in [0.29, 0.717) is 17.9 Å². The van der Waals surface area contributed by atoms with Gasteiger partial charge in [0.1, 0.15) is 5.75 Å². The zero-order valence-corrected chi connectivity index (χ0v) is 13.3. The number of ether oxygens (including phenoxy) is 1. The van der Waals surface area contributed by atoms with Gasteiger partial charge in [0.25, 0.3) is 5.91 Å². The van der Waals surface area contributed by atoms with Crippen molar-refractivity contribution in [2.45, 2.75) is 13.0 Å². The van der Waals surface area contributed by atoms with Crippen molar-refractivity contribution in [2.24, 2.45) is 0 Å². The van der Waals surface area contributed by atoms with Gasteiger partial charge in [-0.15, -0.1) is 0 Å². The van der Waals surface area contributed by atoms with Crippen LogP contribution in [0.25, 0.3) is 0 Å². The molecule has 0 aliphatic carbocycles. The number of hydrogen-bond acceptors (Lipinski definition) is 3. The minimum Gasteiger partial charge on any atom is -0.496 e. The lowest BCUT2D eigenvalue weighted by Crippen LogP contribution is -2.24. The number of carbonyl (C=O) groups is 2. The molecule has 0 atom stereocenters. The predicted octanol–water partition coefficient (Wildman–Crippen LogP) is 1.91. The molecular weight excluding hydrogens is 292 g/mol. The molecular formula is C18H20N2O3. The van der Waals surface area contributed by atoms with Gasteiger partial charge in [-0.3, -0.25) is 9.59 Å². The van der Waals surface area contributed by atoms with Crippen molar-refractivity contribution >= 4 is 11.8 Å². The van der Waals surface area contributed by atoms with Crippen LogP contribution in [0.4, 0.5) is 0 Å². The van der Waals surface area contributed by atoms with E-state index < -0.39 is 0 Å². The molecule has 5 nitrogen and oxygen atoms in total. The van der Waals surface area contributed by atoms with Crippen molar-refractivity contribution in [1.29, 1.82) is 0 Å². The molecule has 0 heterocycles. The molecule has 0 radical (unpaired) electrons. The standard InChI is InChI=1S/C18H20N2O3/c1-19-18(22)14-9-7-13(8-10-14)12-20-17(21)11-15-5-3-4-6-16(15)23-2/h3-10H,11-12H2,1-2H3,(H,19,22)(H,20,21). The molecule has 0 saturated carbocycles. The van der Waals surface area contributed by atoms with Gasteiger partial charge >= 0.3 is 0 Å².